The molecule has 1 unspecified atom stereocenters. The van der Waals surface area contributed by atoms with Crippen LogP contribution in [0, 0.1) is 6.92 Å². The first kappa shape index (κ1) is 30.3. The summed E-state index contributed by atoms with van der Waals surface area (Å²) in [5.41, 5.74) is 3.29. The fraction of sp³-hybridized carbons (Fsp3) is 0.273. The van der Waals surface area contributed by atoms with Gasteiger partial charge in [-0.15, -0.1) is 10.2 Å². The maximum atomic E-state index is 13.6. The number of ketones is 1. The number of Topliss-reactive ketones (excluding diaryl/α,β-unsaturated/α-hetero) is 1. The van der Waals surface area contributed by atoms with Crippen molar-refractivity contribution in [1.29, 1.82) is 0 Å². The van der Waals surface area contributed by atoms with Gasteiger partial charge in [-0.1, -0.05) is 109 Å². The number of nitrogens with zero attached hydrogens (tertiary/aromatic N) is 3. The van der Waals surface area contributed by atoms with Crippen LogP contribution in [-0.4, -0.2) is 40.7 Å². The standard InChI is InChI=1S/C33H33N3O5S2/c1-4-5-9-18-41-25-17-16-24(19-26(25)40-3)28-27(29(37)23-10-7-6-8-11-23)30(38)31(39)36(28)32-34-35-33(43-32)42-20-22-14-12-21(2)13-15-22/h6-8,10-17,19,28,37H,4-5,9,18,20H2,1-3H3/b29-27-. The number of aromatic nitrogens is 2. The van der Waals surface area contributed by atoms with Crippen LogP contribution in [0.5, 0.6) is 11.5 Å². The highest BCUT2D eigenvalue weighted by Gasteiger charge is 2.48. The molecular weight excluding hydrogens is 583 g/mol. The monoisotopic (exact) mass is 615 g/mol. The van der Waals surface area contributed by atoms with E-state index < -0.39 is 17.7 Å². The number of hydrogen-bond acceptors (Lipinski definition) is 9. The van der Waals surface area contributed by atoms with Gasteiger partial charge in [0.1, 0.15) is 5.76 Å². The number of aryl methyl sites for hydroxylation is 1. The molecule has 0 spiro atoms. The van der Waals surface area contributed by atoms with E-state index in [2.05, 4.69) is 41.4 Å². The third kappa shape index (κ3) is 6.76. The Bertz CT molecular complexity index is 1620. The highest BCUT2D eigenvalue weighted by Crippen LogP contribution is 2.45. The first-order chi connectivity index (χ1) is 20.9. The number of hydrogen-bond donors (Lipinski definition) is 1. The Morgan fingerprint density at radius 2 is 1.77 bits per heavy atom. The van der Waals surface area contributed by atoms with Gasteiger partial charge in [0.2, 0.25) is 5.13 Å². The van der Waals surface area contributed by atoms with Crippen molar-refractivity contribution in [2.75, 3.05) is 18.6 Å². The third-order valence-electron chi connectivity index (χ3n) is 7.09. The van der Waals surface area contributed by atoms with Gasteiger partial charge in [0.25, 0.3) is 5.78 Å². The van der Waals surface area contributed by atoms with Gasteiger partial charge in [0, 0.05) is 11.3 Å². The molecule has 1 aromatic heterocycles. The van der Waals surface area contributed by atoms with Crippen molar-refractivity contribution in [3.63, 3.8) is 0 Å². The molecule has 0 bridgehead atoms. The minimum atomic E-state index is -0.953. The molecule has 1 amide bonds. The maximum absolute atomic E-state index is 13.6. The topological polar surface area (TPSA) is 102 Å². The lowest BCUT2D eigenvalue weighted by atomic mass is 9.95. The minimum absolute atomic E-state index is 0.0288. The van der Waals surface area contributed by atoms with Crippen LogP contribution in [-0.2, 0) is 15.3 Å². The zero-order valence-corrected chi connectivity index (χ0v) is 25.9. The molecule has 222 valence electrons. The molecule has 5 rings (SSSR count). The number of aliphatic hydroxyl groups is 1. The lowest BCUT2D eigenvalue weighted by molar-refractivity contribution is -0.132. The van der Waals surface area contributed by atoms with Gasteiger partial charge in [0.05, 0.1) is 25.3 Å². The Morgan fingerprint density at radius 3 is 2.49 bits per heavy atom. The highest BCUT2D eigenvalue weighted by molar-refractivity contribution is 8.00. The van der Waals surface area contributed by atoms with E-state index in [4.69, 9.17) is 9.47 Å². The summed E-state index contributed by atoms with van der Waals surface area (Å²) < 4.78 is 12.3. The smallest absolute Gasteiger partial charge is 0.301 e. The molecule has 2 heterocycles. The van der Waals surface area contributed by atoms with Crippen LogP contribution in [0.3, 0.4) is 0 Å². The molecule has 43 heavy (non-hydrogen) atoms. The minimum Gasteiger partial charge on any atom is -0.507 e. The van der Waals surface area contributed by atoms with Crippen LogP contribution in [0.4, 0.5) is 5.13 Å². The fourth-order valence-corrected chi connectivity index (χ4v) is 6.62. The van der Waals surface area contributed by atoms with E-state index in [1.165, 1.54) is 33.6 Å². The average molecular weight is 616 g/mol. The van der Waals surface area contributed by atoms with E-state index in [-0.39, 0.29) is 16.5 Å². The second-order valence-electron chi connectivity index (χ2n) is 10.1. The number of amides is 1. The Hall–Kier alpha value is -4.15. The van der Waals surface area contributed by atoms with Crippen LogP contribution in [0.25, 0.3) is 5.76 Å². The molecule has 1 aliphatic heterocycles. The summed E-state index contributed by atoms with van der Waals surface area (Å²) >= 11 is 2.73. The largest absolute Gasteiger partial charge is 0.507 e. The number of ether oxygens (including phenoxy) is 2. The second kappa shape index (κ2) is 13.9. The normalized spacial score (nSPS) is 16.1. The van der Waals surface area contributed by atoms with Crippen molar-refractivity contribution in [3.05, 3.63) is 101 Å². The third-order valence-corrected chi connectivity index (χ3v) is 9.21. The van der Waals surface area contributed by atoms with Gasteiger partial charge in [-0.05, 0) is 36.6 Å². The average Bonchev–Trinajstić information content (AvgIpc) is 3.60. The lowest BCUT2D eigenvalue weighted by Crippen LogP contribution is -2.29. The summed E-state index contributed by atoms with van der Waals surface area (Å²) in [4.78, 5) is 28.5. The number of aliphatic hydroxyl groups excluding tert-OH is 1. The van der Waals surface area contributed by atoms with Crippen molar-refractivity contribution in [3.8, 4) is 11.5 Å². The van der Waals surface area contributed by atoms with Gasteiger partial charge in [-0.3, -0.25) is 14.5 Å². The Morgan fingerprint density at radius 1 is 1.00 bits per heavy atom. The van der Waals surface area contributed by atoms with Crippen molar-refractivity contribution < 1.29 is 24.2 Å². The SMILES string of the molecule is CCCCCOc1ccc(C2/C(=C(/O)c3ccccc3)C(=O)C(=O)N2c2nnc(SCc3ccc(C)cc3)s2)cc1OC. The van der Waals surface area contributed by atoms with E-state index in [0.717, 1.165) is 24.8 Å². The van der Waals surface area contributed by atoms with Crippen molar-refractivity contribution >= 4 is 45.7 Å². The molecule has 1 atom stereocenters. The molecule has 1 fully saturated rings. The first-order valence-electron chi connectivity index (χ1n) is 14.1. The van der Waals surface area contributed by atoms with Crippen LogP contribution in [0.2, 0.25) is 0 Å². The van der Waals surface area contributed by atoms with Gasteiger partial charge in [0.15, 0.2) is 15.8 Å². The van der Waals surface area contributed by atoms with Crippen LogP contribution in [0.15, 0.2) is 82.7 Å². The fourth-order valence-electron chi connectivity index (χ4n) is 4.79. The Labute approximate surface area is 259 Å². The van der Waals surface area contributed by atoms with Crippen LogP contribution in [0.1, 0.15) is 54.5 Å². The Kier molecular flexibility index (Phi) is 9.79. The summed E-state index contributed by atoms with van der Waals surface area (Å²) in [5, 5.41) is 20.3. The number of anilines is 1. The van der Waals surface area contributed by atoms with Gasteiger partial charge < -0.3 is 14.6 Å². The molecule has 1 saturated heterocycles. The maximum Gasteiger partial charge on any atom is 0.301 e. The zero-order valence-electron chi connectivity index (χ0n) is 24.3. The molecular formula is C33H33N3O5S2. The van der Waals surface area contributed by atoms with Gasteiger partial charge >= 0.3 is 5.91 Å². The molecule has 0 aliphatic carbocycles. The first-order valence-corrected chi connectivity index (χ1v) is 15.9. The van der Waals surface area contributed by atoms with Crippen LogP contribution >= 0.6 is 23.1 Å². The van der Waals surface area contributed by atoms with Gasteiger partial charge in [-0.25, -0.2) is 0 Å². The lowest BCUT2D eigenvalue weighted by Gasteiger charge is -2.23. The summed E-state index contributed by atoms with van der Waals surface area (Å²) in [7, 11) is 1.54. The number of carbonyl (C=O) groups is 2. The van der Waals surface area contributed by atoms with E-state index in [1.807, 2.05) is 13.0 Å². The summed E-state index contributed by atoms with van der Waals surface area (Å²) in [6.07, 6.45) is 3.05. The molecule has 4 aromatic rings. The van der Waals surface area contributed by atoms with E-state index in [9.17, 15) is 14.7 Å². The molecule has 10 heteroatoms. The molecule has 3 aromatic carbocycles. The van der Waals surface area contributed by atoms with Crippen molar-refractivity contribution in [2.24, 2.45) is 0 Å². The van der Waals surface area contributed by atoms with Crippen molar-refractivity contribution in [2.45, 2.75) is 49.2 Å². The summed E-state index contributed by atoms with van der Waals surface area (Å²) in [6.45, 7) is 4.72. The van der Waals surface area contributed by atoms with E-state index >= 15 is 0 Å². The number of carbonyl (C=O) groups excluding carboxylic acids is 2. The molecule has 0 saturated carbocycles. The van der Waals surface area contributed by atoms with E-state index in [0.29, 0.717) is 39.3 Å². The number of rotatable bonds is 12. The zero-order chi connectivity index (χ0) is 30.3. The number of thioether (sulfide) groups is 1. The predicted molar refractivity (Wildman–Crippen MR) is 170 cm³/mol. The van der Waals surface area contributed by atoms with Gasteiger partial charge in [-0.2, -0.15) is 0 Å². The molecule has 8 nitrogen and oxygen atoms in total. The quantitative estimate of drug-likeness (QED) is 0.0441. The number of methoxy groups -OCH3 is 1. The summed E-state index contributed by atoms with van der Waals surface area (Å²) in [6, 6.07) is 21.3. The molecule has 1 aliphatic rings. The van der Waals surface area contributed by atoms with Crippen LogP contribution < -0.4 is 14.4 Å². The molecule has 1 N–H and O–H groups in total. The van der Waals surface area contributed by atoms with E-state index in [1.54, 1.807) is 49.6 Å². The highest BCUT2D eigenvalue weighted by atomic mass is 32.2. The molecule has 0 radical (unpaired) electrons. The second-order valence-corrected chi connectivity index (χ2v) is 12.3. The Balaban J connectivity index is 1.52. The predicted octanol–water partition coefficient (Wildman–Crippen LogP) is 7.34. The number of unbranched alkanes of at least 4 members (excludes halogenated alkanes) is 2. The summed E-state index contributed by atoms with van der Waals surface area (Å²) in [5.74, 6) is -0.133. The number of benzene rings is 3. The van der Waals surface area contributed by atoms with Crippen molar-refractivity contribution in [1.82, 2.24) is 10.2 Å².